The molecule has 144 valence electrons. The zero-order valence-electron chi connectivity index (χ0n) is 16.8. The fourth-order valence-corrected chi connectivity index (χ4v) is 3.04. The number of amides is 1. The van der Waals surface area contributed by atoms with Gasteiger partial charge in [-0.05, 0) is 63.7 Å². The smallest absolute Gasteiger partial charge is 0.239 e. The Balaban J connectivity index is 2.35. The van der Waals surface area contributed by atoms with E-state index in [2.05, 4.69) is 18.3 Å². The molecule has 0 saturated carbocycles. The largest absolute Gasteiger partial charge is 0.497 e. The second-order valence-electron chi connectivity index (χ2n) is 6.72. The lowest BCUT2D eigenvalue weighted by Crippen LogP contribution is -2.31. The summed E-state index contributed by atoms with van der Waals surface area (Å²) in [5.41, 5.74) is 3.15. The Morgan fingerprint density at radius 1 is 1.30 bits per heavy atom. The fraction of sp³-hybridized carbons (Fsp3) is 0.429. The SMILES string of the molecule is CCCCN(C)CC(=O)Nc1c(C#N)c(C)c(C)n1-c1ccc(OC)cc1. The fourth-order valence-electron chi connectivity index (χ4n) is 3.04. The third kappa shape index (κ3) is 4.69. The first-order valence-electron chi connectivity index (χ1n) is 9.17. The number of hydrogen-bond acceptors (Lipinski definition) is 4. The van der Waals surface area contributed by atoms with Crippen molar-refractivity contribution in [2.45, 2.75) is 33.6 Å². The van der Waals surface area contributed by atoms with Gasteiger partial charge in [-0.2, -0.15) is 5.26 Å². The summed E-state index contributed by atoms with van der Waals surface area (Å²) in [5, 5.41) is 12.6. The standard InChI is InChI=1S/C21H28N4O2/c1-6-7-12-24(4)14-20(26)23-21-19(13-22)15(2)16(3)25(21)17-8-10-18(27-5)11-9-17/h8-11H,6-7,12,14H2,1-5H3,(H,23,26). The van der Waals surface area contributed by atoms with Gasteiger partial charge in [0.25, 0.3) is 0 Å². The lowest BCUT2D eigenvalue weighted by Gasteiger charge is -2.17. The number of nitriles is 1. The minimum atomic E-state index is -0.127. The van der Waals surface area contributed by atoms with E-state index in [1.165, 1.54) is 0 Å². The normalized spacial score (nSPS) is 10.7. The van der Waals surface area contributed by atoms with E-state index in [0.29, 0.717) is 11.4 Å². The van der Waals surface area contributed by atoms with Crippen molar-refractivity contribution < 1.29 is 9.53 Å². The van der Waals surface area contributed by atoms with Gasteiger partial charge >= 0.3 is 0 Å². The van der Waals surface area contributed by atoms with E-state index in [4.69, 9.17) is 4.74 Å². The molecular formula is C21H28N4O2. The average Bonchev–Trinajstić information content (AvgIpc) is 2.89. The van der Waals surface area contributed by atoms with E-state index in [1.54, 1.807) is 7.11 Å². The van der Waals surface area contributed by atoms with Gasteiger partial charge in [-0.25, -0.2) is 0 Å². The molecule has 2 rings (SSSR count). The number of rotatable bonds is 8. The average molecular weight is 368 g/mol. The van der Waals surface area contributed by atoms with Crippen LogP contribution in [-0.2, 0) is 4.79 Å². The molecule has 1 aromatic heterocycles. The maximum absolute atomic E-state index is 12.6. The molecule has 0 aliphatic rings. The van der Waals surface area contributed by atoms with Gasteiger partial charge in [-0.3, -0.25) is 14.3 Å². The molecule has 0 saturated heterocycles. The van der Waals surface area contributed by atoms with E-state index >= 15 is 0 Å². The predicted molar refractivity (Wildman–Crippen MR) is 108 cm³/mol. The Kier molecular flexibility index (Phi) is 7.03. The van der Waals surface area contributed by atoms with Crippen LogP contribution in [0.2, 0.25) is 0 Å². The van der Waals surface area contributed by atoms with Crippen molar-refractivity contribution in [2.24, 2.45) is 0 Å². The second kappa shape index (κ2) is 9.24. The number of carbonyl (C=O) groups is 1. The van der Waals surface area contributed by atoms with E-state index < -0.39 is 0 Å². The number of ether oxygens (including phenoxy) is 1. The van der Waals surface area contributed by atoms with E-state index in [0.717, 1.165) is 42.1 Å². The van der Waals surface area contributed by atoms with Crippen LogP contribution in [0.3, 0.4) is 0 Å². The number of nitrogens with one attached hydrogen (secondary N) is 1. The first kappa shape index (κ1) is 20.5. The van der Waals surface area contributed by atoms with Gasteiger partial charge in [-0.15, -0.1) is 0 Å². The monoisotopic (exact) mass is 368 g/mol. The maximum Gasteiger partial charge on any atom is 0.239 e. The van der Waals surface area contributed by atoms with Crippen molar-refractivity contribution in [2.75, 3.05) is 32.6 Å². The number of hydrogen-bond donors (Lipinski definition) is 1. The first-order valence-corrected chi connectivity index (χ1v) is 9.17. The molecule has 6 nitrogen and oxygen atoms in total. The van der Waals surface area contributed by atoms with Crippen LogP contribution >= 0.6 is 0 Å². The minimum Gasteiger partial charge on any atom is -0.497 e. The Morgan fingerprint density at radius 3 is 2.52 bits per heavy atom. The van der Waals surface area contributed by atoms with E-state index in [9.17, 15) is 10.1 Å². The van der Waals surface area contributed by atoms with Crippen LogP contribution in [0.15, 0.2) is 24.3 Å². The predicted octanol–water partition coefficient (Wildman–Crippen LogP) is 3.64. The number of nitrogens with zero attached hydrogens (tertiary/aromatic N) is 3. The first-order chi connectivity index (χ1) is 12.9. The van der Waals surface area contributed by atoms with Crippen LogP contribution in [0, 0.1) is 25.2 Å². The van der Waals surface area contributed by atoms with Crippen molar-refractivity contribution in [3.63, 3.8) is 0 Å². The Labute approximate surface area is 161 Å². The highest BCUT2D eigenvalue weighted by Gasteiger charge is 2.21. The number of carbonyl (C=O) groups excluding carboxylic acids is 1. The molecule has 0 bridgehead atoms. The molecule has 1 aromatic carbocycles. The molecule has 27 heavy (non-hydrogen) atoms. The molecule has 0 fully saturated rings. The number of unbranched alkanes of at least 4 members (excludes halogenated alkanes) is 1. The van der Waals surface area contributed by atoms with Crippen molar-refractivity contribution >= 4 is 11.7 Å². The van der Waals surface area contributed by atoms with Crippen LogP contribution in [0.4, 0.5) is 5.82 Å². The third-order valence-electron chi connectivity index (χ3n) is 4.72. The molecular weight excluding hydrogens is 340 g/mol. The van der Waals surface area contributed by atoms with Crippen LogP contribution in [0.25, 0.3) is 5.69 Å². The lowest BCUT2D eigenvalue weighted by molar-refractivity contribution is -0.117. The van der Waals surface area contributed by atoms with Crippen molar-refractivity contribution in [3.05, 3.63) is 41.1 Å². The maximum atomic E-state index is 12.6. The van der Waals surface area contributed by atoms with Crippen molar-refractivity contribution in [3.8, 4) is 17.5 Å². The van der Waals surface area contributed by atoms with Crippen LogP contribution in [-0.4, -0.2) is 42.6 Å². The lowest BCUT2D eigenvalue weighted by atomic mass is 10.2. The van der Waals surface area contributed by atoms with Gasteiger partial charge in [-0.1, -0.05) is 13.3 Å². The van der Waals surface area contributed by atoms with Crippen LogP contribution < -0.4 is 10.1 Å². The molecule has 0 aliphatic carbocycles. The zero-order valence-corrected chi connectivity index (χ0v) is 16.8. The summed E-state index contributed by atoms with van der Waals surface area (Å²) in [4.78, 5) is 14.6. The molecule has 1 amide bonds. The summed E-state index contributed by atoms with van der Waals surface area (Å²) in [6, 6.07) is 9.78. The highest BCUT2D eigenvalue weighted by molar-refractivity contribution is 5.93. The summed E-state index contributed by atoms with van der Waals surface area (Å²) in [6.07, 6.45) is 2.14. The number of aromatic nitrogens is 1. The molecule has 0 atom stereocenters. The minimum absolute atomic E-state index is 0.127. The number of methoxy groups -OCH3 is 1. The Morgan fingerprint density at radius 2 is 1.96 bits per heavy atom. The van der Waals surface area contributed by atoms with Gasteiger partial charge in [0.2, 0.25) is 5.91 Å². The summed E-state index contributed by atoms with van der Waals surface area (Å²) >= 11 is 0. The van der Waals surface area contributed by atoms with Gasteiger partial charge in [0, 0.05) is 11.4 Å². The summed E-state index contributed by atoms with van der Waals surface area (Å²) < 4.78 is 7.13. The molecule has 6 heteroatoms. The van der Waals surface area contributed by atoms with Gasteiger partial charge in [0.05, 0.1) is 19.2 Å². The molecule has 1 N–H and O–H groups in total. The molecule has 0 unspecified atom stereocenters. The van der Waals surface area contributed by atoms with Crippen molar-refractivity contribution in [1.29, 1.82) is 5.26 Å². The van der Waals surface area contributed by atoms with Gasteiger partial charge in [0.1, 0.15) is 17.6 Å². The Hall–Kier alpha value is -2.78. The van der Waals surface area contributed by atoms with Crippen LogP contribution in [0.5, 0.6) is 5.75 Å². The number of benzene rings is 1. The number of likely N-dealkylation sites (N-methyl/N-ethyl adjacent to an activating group) is 1. The Bertz CT molecular complexity index is 831. The molecule has 1 heterocycles. The molecule has 0 aliphatic heterocycles. The third-order valence-corrected chi connectivity index (χ3v) is 4.72. The van der Waals surface area contributed by atoms with Crippen LogP contribution in [0.1, 0.15) is 36.6 Å². The highest BCUT2D eigenvalue weighted by Crippen LogP contribution is 2.30. The summed E-state index contributed by atoms with van der Waals surface area (Å²) in [6.45, 7) is 7.13. The molecule has 0 spiro atoms. The summed E-state index contributed by atoms with van der Waals surface area (Å²) in [5.74, 6) is 1.15. The topological polar surface area (TPSA) is 70.3 Å². The molecule has 2 aromatic rings. The van der Waals surface area contributed by atoms with Gasteiger partial charge in [0.15, 0.2) is 0 Å². The van der Waals surface area contributed by atoms with Gasteiger partial charge < -0.3 is 10.1 Å². The zero-order chi connectivity index (χ0) is 20.0. The van der Waals surface area contributed by atoms with E-state index in [1.807, 2.05) is 54.6 Å². The van der Waals surface area contributed by atoms with Crippen molar-refractivity contribution in [1.82, 2.24) is 9.47 Å². The summed E-state index contributed by atoms with van der Waals surface area (Å²) in [7, 11) is 3.55. The number of anilines is 1. The highest BCUT2D eigenvalue weighted by atomic mass is 16.5. The quantitative estimate of drug-likeness (QED) is 0.772. The second-order valence-corrected chi connectivity index (χ2v) is 6.72. The van der Waals surface area contributed by atoms with E-state index in [-0.39, 0.29) is 12.5 Å². The molecule has 0 radical (unpaired) electrons.